The van der Waals surface area contributed by atoms with Gasteiger partial charge in [0, 0.05) is 0 Å². The maximum absolute atomic E-state index is 15.2. The molecule has 1 heterocycles. The van der Waals surface area contributed by atoms with Crippen LogP contribution < -0.4 is 5.69 Å². The molecule has 0 unspecified atom stereocenters. The molecule has 4 rings (SSSR count). The van der Waals surface area contributed by atoms with Crippen LogP contribution in [0.15, 0.2) is 65.5 Å². The highest BCUT2D eigenvalue weighted by molar-refractivity contribution is 6.34. The van der Waals surface area contributed by atoms with Crippen LogP contribution in [0.4, 0.5) is 17.6 Å². The van der Waals surface area contributed by atoms with Gasteiger partial charge in [-0.15, -0.1) is 0 Å². The van der Waals surface area contributed by atoms with E-state index < -0.39 is 51.3 Å². The quantitative estimate of drug-likeness (QED) is 0.230. The number of para-hydroxylation sites is 2. The molecule has 0 N–H and O–H groups in total. The molecule has 0 bridgehead atoms. The Bertz CT molecular complexity index is 1610. The van der Waals surface area contributed by atoms with Gasteiger partial charge in [-0.25, -0.2) is 18.5 Å². The summed E-state index contributed by atoms with van der Waals surface area (Å²) in [6, 6.07) is 11.8. The van der Waals surface area contributed by atoms with E-state index in [1.54, 1.807) is 20.8 Å². The van der Waals surface area contributed by atoms with Gasteiger partial charge in [-0.05, 0) is 63.2 Å². The topological polar surface area (TPSA) is 70.3 Å². The molecular formula is C26H19ClF4N2O4. The van der Waals surface area contributed by atoms with Crippen molar-refractivity contribution >= 4 is 34.5 Å². The maximum Gasteiger partial charge on any atom is 0.417 e. The zero-order valence-corrected chi connectivity index (χ0v) is 20.4. The second kappa shape index (κ2) is 9.19. The molecule has 37 heavy (non-hydrogen) atoms. The Balaban J connectivity index is 1.92. The Kier molecular flexibility index (Phi) is 6.49. The second-order valence-electron chi connectivity index (χ2n) is 9.08. The molecule has 192 valence electrons. The number of ether oxygens (including phenoxy) is 1. The van der Waals surface area contributed by atoms with Gasteiger partial charge in [-0.2, -0.15) is 13.2 Å². The average Bonchev–Trinajstić information content (AvgIpc) is 3.08. The number of esters is 1. The molecule has 6 nitrogen and oxygen atoms in total. The van der Waals surface area contributed by atoms with Crippen molar-refractivity contribution in [2.45, 2.75) is 32.5 Å². The van der Waals surface area contributed by atoms with Crippen molar-refractivity contribution in [1.29, 1.82) is 0 Å². The minimum absolute atomic E-state index is 0.0466. The maximum atomic E-state index is 15.2. The highest BCUT2D eigenvalue weighted by Crippen LogP contribution is 2.36. The summed E-state index contributed by atoms with van der Waals surface area (Å²) in [4.78, 5) is 39.2. The van der Waals surface area contributed by atoms with E-state index in [0.29, 0.717) is 10.6 Å². The van der Waals surface area contributed by atoms with Crippen molar-refractivity contribution in [3.63, 3.8) is 0 Å². The largest absolute Gasteiger partial charge is 0.456 e. The first-order valence-corrected chi connectivity index (χ1v) is 11.2. The van der Waals surface area contributed by atoms with Crippen LogP contribution in [0, 0.1) is 5.82 Å². The second-order valence-corrected chi connectivity index (χ2v) is 9.48. The van der Waals surface area contributed by atoms with Crippen molar-refractivity contribution in [3.05, 3.63) is 98.7 Å². The lowest BCUT2D eigenvalue weighted by Crippen LogP contribution is -2.31. The van der Waals surface area contributed by atoms with Crippen molar-refractivity contribution in [1.82, 2.24) is 9.13 Å². The number of carbonyl (C=O) groups excluding carboxylic acids is 2. The normalized spacial score (nSPS) is 12.1. The van der Waals surface area contributed by atoms with Gasteiger partial charge in [-0.3, -0.25) is 9.36 Å². The van der Waals surface area contributed by atoms with Crippen LogP contribution in [-0.4, -0.2) is 26.6 Å². The molecule has 0 saturated carbocycles. The van der Waals surface area contributed by atoms with E-state index >= 15 is 4.39 Å². The van der Waals surface area contributed by atoms with Gasteiger partial charge >= 0.3 is 17.8 Å². The fraction of sp³-hybridized carbons (Fsp3) is 0.192. The lowest BCUT2D eigenvalue weighted by molar-refractivity contribution is -0.137. The number of imidazole rings is 1. The van der Waals surface area contributed by atoms with E-state index in [4.69, 9.17) is 16.3 Å². The summed E-state index contributed by atoms with van der Waals surface area (Å²) in [5.74, 6) is -3.11. The third kappa shape index (κ3) is 4.89. The molecule has 0 spiro atoms. The van der Waals surface area contributed by atoms with Gasteiger partial charge in [0.15, 0.2) is 0 Å². The molecule has 0 amide bonds. The predicted octanol–water partition coefficient (Wildman–Crippen LogP) is 6.25. The number of alkyl halides is 3. The van der Waals surface area contributed by atoms with Gasteiger partial charge < -0.3 is 4.74 Å². The number of aromatic nitrogens is 2. The van der Waals surface area contributed by atoms with Crippen LogP contribution in [0.2, 0.25) is 5.02 Å². The molecule has 0 aliphatic heterocycles. The minimum atomic E-state index is -4.93. The number of rotatable bonds is 3. The molecule has 0 saturated heterocycles. The summed E-state index contributed by atoms with van der Waals surface area (Å²) in [7, 11) is 0. The smallest absolute Gasteiger partial charge is 0.417 e. The Labute approximate surface area is 212 Å². The first-order chi connectivity index (χ1) is 17.2. The van der Waals surface area contributed by atoms with Crippen LogP contribution in [0.3, 0.4) is 0 Å². The molecule has 0 atom stereocenters. The van der Waals surface area contributed by atoms with Gasteiger partial charge in [0.2, 0.25) is 0 Å². The van der Waals surface area contributed by atoms with E-state index in [0.717, 1.165) is 28.8 Å². The molecule has 11 heteroatoms. The summed E-state index contributed by atoms with van der Waals surface area (Å²) in [6.45, 7) is 4.93. The van der Waals surface area contributed by atoms with Crippen molar-refractivity contribution < 1.29 is 31.9 Å². The standard InChI is InChI=1S/C26H19ClF4N2O4/c1-25(2,3)37-23(35)14-11-12-18(17(28)13-14)32-19-9-4-5-10-20(19)33(24(32)36)22(34)21-15(26(29,30)31)7-6-8-16(21)27/h4-13H,1-3H3. The molecule has 0 fully saturated rings. The van der Waals surface area contributed by atoms with E-state index in [-0.39, 0.29) is 22.3 Å². The summed E-state index contributed by atoms with van der Waals surface area (Å²) in [5, 5.41) is -0.503. The lowest BCUT2D eigenvalue weighted by atomic mass is 10.1. The zero-order valence-electron chi connectivity index (χ0n) is 19.7. The van der Waals surface area contributed by atoms with E-state index in [1.807, 2.05) is 0 Å². The van der Waals surface area contributed by atoms with Crippen LogP contribution in [-0.2, 0) is 10.9 Å². The van der Waals surface area contributed by atoms with Crippen molar-refractivity contribution in [2.24, 2.45) is 0 Å². The Morgan fingerprint density at radius 3 is 2.16 bits per heavy atom. The molecular weight excluding hydrogens is 516 g/mol. The van der Waals surface area contributed by atoms with Crippen molar-refractivity contribution in [2.75, 3.05) is 0 Å². The lowest BCUT2D eigenvalue weighted by Gasteiger charge is -2.19. The number of benzene rings is 3. The Morgan fingerprint density at radius 1 is 0.919 bits per heavy atom. The average molecular weight is 535 g/mol. The highest BCUT2D eigenvalue weighted by Gasteiger charge is 2.37. The fourth-order valence-electron chi connectivity index (χ4n) is 3.82. The minimum Gasteiger partial charge on any atom is -0.456 e. The highest BCUT2D eigenvalue weighted by atomic mass is 35.5. The number of fused-ring (bicyclic) bond motifs is 1. The van der Waals surface area contributed by atoms with Gasteiger partial charge in [0.25, 0.3) is 5.91 Å². The predicted molar refractivity (Wildman–Crippen MR) is 129 cm³/mol. The van der Waals surface area contributed by atoms with E-state index in [2.05, 4.69) is 0 Å². The fourth-order valence-corrected chi connectivity index (χ4v) is 4.07. The molecule has 0 aliphatic rings. The number of hydrogen-bond donors (Lipinski definition) is 0. The number of carbonyl (C=O) groups is 2. The van der Waals surface area contributed by atoms with Crippen LogP contribution in [0.1, 0.15) is 47.1 Å². The molecule has 1 aromatic heterocycles. The zero-order chi connectivity index (χ0) is 27.3. The van der Waals surface area contributed by atoms with Crippen LogP contribution in [0.5, 0.6) is 0 Å². The molecule has 3 aromatic carbocycles. The van der Waals surface area contributed by atoms with Gasteiger partial charge in [0.1, 0.15) is 11.4 Å². The third-order valence-corrected chi connectivity index (χ3v) is 5.62. The summed E-state index contributed by atoms with van der Waals surface area (Å²) in [5.41, 5.74) is -4.64. The first-order valence-electron chi connectivity index (χ1n) is 10.9. The van der Waals surface area contributed by atoms with E-state index in [9.17, 15) is 27.6 Å². The monoisotopic (exact) mass is 534 g/mol. The van der Waals surface area contributed by atoms with Gasteiger partial charge in [0.05, 0.1) is 38.4 Å². The Hall–Kier alpha value is -3.92. The van der Waals surface area contributed by atoms with Gasteiger partial charge in [-0.1, -0.05) is 29.8 Å². The van der Waals surface area contributed by atoms with E-state index in [1.165, 1.54) is 30.3 Å². The summed E-state index contributed by atoms with van der Waals surface area (Å²) in [6.07, 6.45) is -4.93. The third-order valence-electron chi connectivity index (χ3n) is 5.31. The van der Waals surface area contributed by atoms with Crippen LogP contribution >= 0.6 is 11.6 Å². The summed E-state index contributed by atoms with van der Waals surface area (Å²) < 4.78 is 62.8. The van der Waals surface area contributed by atoms with Crippen molar-refractivity contribution in [3.8, 4) is 5.69 Å². The SMILES string of the molecule is CC(C)(C)OC(=O)c1ccc(-n2c(=O)n(C(=O)c3c(Cl)cccc3C(F)(F)F)c3ccccc32)c(F)c1. The molecule has 4 aromatic rings. The number of halogens is 5. The Morgan fingerprint density at radius 2 is 1.57 bits per heavy atom. The first kappa shape index (κ1) is 26.2. The number of hydrogen-bond acceptors (Lipinski definition) is 4. The molecule has 0 radical (unpaired) electrons. The van der Waals surface area contributed by atoms with Crippen LogP contribution in [0.25, 0.3) is 16.7 Å². The summed E-state index contributed by atoms with van der Waals surface area (Å²) >= 11 is 5.98. The molecule has 0 aliphatic carbocycles. The number of nitrogens with zero attached hydrogens (tertiary/aromatic N) is 2.